The maximum Gasteiger partial charge on any atom is 0.230 e. The molecule has 0 fully saturated rings. The van der Waals surface area contributed by atoms with Gasteiger partial charge in [-0.2, -0.15) is 5.26 Å². The van der Waals surface area contributed by atoms with Crippen LogP contribution in [0.25, 0.3) is 5.69 Å². The summed E-state index contributed by atoms with van der Waals surface area (Å²) in [6.07, 6.45) is 0. The number of nitrogens with zero attached hydrogens (tertiary/aromatic N) is 4. The number of carbonyl (C=O) groups is 1. The van der Waals surface area contributed by atoms with Crippen molar-refractivity contribution < 1.29 is 9.53 Å². The van der Waals surface area contributed by atoms with Crippen molar-refractivity contribution in [1.82, 2.24) is 20.1 Å². The van der Waals surface area contributed by atoms with Crippen molar-refractivity contribution in [2.75, 3.05) is 12.9 Å². The molecule has 1 unspecified atom stereocenters. The topological polar surface area (TPSA) is 92.8 Å². The van der Waals surface area contributed by atoms with Gasteiger partial charge < -0.3 is 10.1 Å². The largest absolute Gasteiger partial charge is 0.497 e. The van der Waals surface area contributed by atoms with Crippen LogP contribution in [-0.2, 0) is 4.79 Å². The first-order valence-electron chi connectivity index (χ1n) is 9.00. The van der Waals surface area contributed by atoms with Crippen LogP contribution in [0.3, 0.4) is 0 Å². The molecule has 0 aliphatic heterocycles. The Kier molecular flexibility index (Phi) is 6.52. The molecule has 3 rings (SSSR count). The molecule has 148 valence electrons. The van der Waals surface area contributed by atoms with Crippen LogP contribution >= 0.6 is 11.8 Å². The number of methoxy groups -OCH3 is 1. The zero-order chi connectivity index (χ0) is 20.8. The molecule has 7 nitrogen and oxygen atoms in total. The Morgan fingerprint density at radius 2 is 1.90 bits per heavy atom. The highest BCUT2D eigenvalue weighted by molar-refractivity contribution is 7.99. The predicted molar refractivity (Wildman–Crippen MR) is 111 cm³/mol. The normalized spacial score (nSPS) is 11.5. The number of aryl methyl sites for hydroxylation is 1. The fourth-order valence-electron chi connectivity index (χ4n) is 2.81. The molecular weight excluding hydrogens is 386 g/mol. The number of nitrogens with one attached hydrogen (secondary N) is 1. The molecule has 2 aromatic carbocycles. The number of amides is 1. The molecular formula is C21H21N5O2S. The Balaban J connectivity index is 1.63. The Bertz CT molecular complexity index is 1020. The van der Waals surface area contributed by atoms with E-state index in [2.05, 4.69) is 21.6 Å². The Morgan fingerprint density at radius 1 is 1.21 bits per heavy atom. The van der Waals surface area contributed by atoms with Crippen LogP contribution in [0.1, 0.15) is 29.9 Å². The van der Waals surface area contributed by atoms with Gasteiger partial charge in [0.2, 0.25) is 5.91 Å². The molecule has 0 aliphatic carbocycles. The van der Waals surface area contributed by atoms with E-state index in [9.17, 15) is 4.79 Å². The van der Waals surface area contributed by atoms with Crippen molar-refractivity contribution in [2.24, 2.45) is 0 Å². The van der Waals surface area contributed by atoms with E-state index in [1.807, 2.05) is 54.8 Å². The van der Waals surface area contributed by atoms with Crippen molar-refractivity contribution >= 4 is 17.7 Å². The molecule has 1 aromatic heterocycles. The van der Waals surface area contributed by atoms with Crippen molar-refractivity contribution in [3.05, 3.63) is 65.5 Å². The first-order chi connectivity index (χ1) is 14.0. The zero-order valence-electron chi connectivity index (χ0n) is 16.4. The lowest BCUT2D eigenvalue weighted by Crippen LogP contribution is -2.28. The summed E-state index contributed by atoms with van der Waals surface area (Å²) in [4.78, 5) is 12.4. The summed E-state index contributed by atoms with van der Waals surface area (Å²) in [5.41, 5.74) is 2.44. The molecule has 1 N–H and O–H groups in total. The first-order valence-corrected chi connectivity index (χ1v) is 9.99. The molecule has 8 heteroatoms. The van der Waals surface area contributed by atoms with E-state index in [1.54, 1.807) is 19.2 Å². The van der Waals surface area contributed by atoms with Crippen LogP contribution in [0.4, 0.5) is 0 Å². The molecule has 1 heterocycles. The quantitative estimate of drug-likeness (QED) is 0.603. The highest BCUT2D eigenvalue weighted by Crippen LogP contribution is 2.23. The molecule has 1 atom stereocenters. The monoisotopic (exact) mass is 407 g/mol. The summed E-state index contributed by atoms with van der Waals surface area (Å²) in [6, 6.07) is 16.7. The molecule has 3 aromatic rings. The third-order valence-electron chi connectivity index (χ3n) is 4.38. The smallest absolute Gasteiger partial charge is 0.230 e. The Morgan fingerprint density at radius 3 is 2.52 bits per heavy atom. The van der Waals surface area contributed by atoms with E-state index in [0.29, 0.717) is 10.7 Å². The van der Waals surface area contributed by atoms with Gasteiger partial charge in [-0.1, -0.05) is 23.9 Å². The third-order valence-corrected chi connectivity index (χ3v) is 5.30. The van der Waals surface area contributed by atoms with Crippen LogP contribution in [0.5, 0.6) is 5.75 Å². The summed E-state index contributed by atoms with van der Waals surface area (Å²) in [6.45, 7) is 3.78. The SMILES string of the molecule is COc1ccc(-n2c(C)nnc2SCC(=O)NC(C)c2ccc(C#N)cc2)cc1. The number of rotatable bonds is 7. The molecule has 0 bridgehead atoms. The minimum Gasteiger partial charge on any atom is -0.497 e. The average Bonchev–Trinajstić information content (AvgIpc) is 3.12. The third kappa shape index (κ3) is 4.95. The fourth-order valence-corrected chi connectivity index (χ4v) is 3.62. The van der Waals surface area contributed by atoms with Crippen molar-refractivity contribution in [1.29, 1.82) is 5.26 Å². The first kappa shape index (κ1) is 20.4. The van der Waals surface area contributed by atoms with Gasteiger partial charge in [0, 0.05) is 5.69 Å². The van der Waals surface area contributed by atoms with Gasteiger partial charge in [0.1, 0.15) is 11.6 Å². The number of carbonyl (C=O) groups excluding carboxylic acids is 1. The summed E-state index contributed by atoms with van der Waals surface area (Å²) in [5.74, 6) is 1.62. The van der Waals surface area contributed by atoms with Crippen LogP contribution in [0.2, 0.25) is 0 Å². The average molecular weight is 407 g/mol. The van der Waals surface area contributed by atoms with E-state index in [-0.39, 0.29) is 17.7 Å². The highest BCUT2D eigenvalue weighted by atomic mass is 32.2. The van der Waals surface area contributed by atoms with Gasteiger partial charge in [0.15, 0.2) is 5.16 Å². The second-order valence-corrected chi connectivity index (χ2v) is 7.32. The van der Waals surface area contributed by atoms with E-state index in [0.717, 1.165) is 22.8 Å². The maximum atomic E-state index is 12.4. The van der Waals surface area contributed by atoms with Crippen LogP contribution in [0, 0.1) is 18.3 Å². The fraction of sp³-hybridized carbons (Fsp3) is 0.238. The summed E-state index contributed by atoms with van der Waals surface area (Å²) >= 11 is 1.33. The van der Waals surface area contributed by atoms with Crippen LogP contribution in [0.15, 0.2) is 53.7 Å². The number of benzene rings is 2. The van der Waals surface area contributed by atoms with Gasteiger partial charge in [0.25, 0.3) is 0 Å². The number of hydrogen-bond acceptors (Lipinski definition) is 6. The van der Waals surface area contributed by atoms with Crippen molar-refractivity contribution in [3.8, 4) is 17.5 Å². The number of aromatic nitrogens is 3. The van der Waals surface area contributed by atoms with Crippen LogP contribution in [-0.4, -0.2) is 33.5 Å². The molecule has 0 saturated carbocycles. The Labute approximate surface area is 173 Å². The lowest BCUT2D eigenvalue weighted by atomic mass is 10.1. The van der Waals surface area contributed by atoms with Gasteiger partial charge in [-0.15, -0.1) is 10.2 Å². The molecule has 0 saturated heterocycles. The van der Waals surface area contributed by atoms with Gasteiger partial charge in [0.05, 0.1) is 30.5 Å². The molecule has 0 spiro atoms. The van der Waals surface area contributed by atoms with E-state index in [4.69, 9.17) is 10.00 Å². The number of ether oxygens (including phenoxy) is 1. The van der Waals surface area contributed by atoms with E-state index in [1.165, 1.54) is 11.8 Å². The van der Waals surface area contributed by atoms with E-state index >= 15 is 0 Å². The molecule has 29 heavy (non-hydrogen) atoms. The van der Waals surface area contributed by atoms with E-state index < -0.39 is 0 Å². The molecule has 1 amide bonds. The zero-order valence-corrected chi connectivity index (χ0v) is 17.2. The summed E-state index contributed by atoms with van der Waals surface area (Å²) in [5, 5.41) is 20.8. The minimum absolute atomic E-state index is 0.103. The van der Waals surface area contributed by atoms with Gasteiger partial charge in [-0.3, -0.25) is 9.36 Å². The standard InChI is InChI=1S/C21H21N5O2S/c1-14(17-6-4-16(12-22)5-7-17)23-20(27)13-29-21-25-24-15(2)26(21)18-8-10-19(28-3)11-9-18/h4-11,14H,13H2,1-3H3,(H,23,27). The number of nitriles is 1. The maximum absolute atomic E-state index is 12.4. The predicted octanol–water partition coefficient (Wildman–Crippen LogP) is 3.43. The summed E-state index contributed by atoms with van der Waals surface area (Å²) < 4.78 is 7.10. The summed E-state index contributed by atoms with van der Waals surface area (Å²) in [7, 11) is 1.62. The van der Waals surface area contributed by atoms with Crippen LogP contribution < -0.4 is 10.1 Å². The molecule has 0 aliphatic rings. The number of thioether (sulfide) groups is 1. The molecule has 0 radical (unpaired) electrons. The van der Waals surface area contributed by atoms with Gasteiger partial charge in [-0.05, 0) is 55.8 Å². The second-order valence-electron chi connectivity index (χ2n) is 6.37. The van der Waals surface area contributed by atoms with Gasteiger partial charge >= 0.3 is 0 Å². The van der Waals surface area contributed by atoms with Crippen molar-refractivity contribution in [2.45, 2.75) is 25.0 Å². The lowest BCUT2D eigenvalue weighted by Gasteiger charge is -2.14. The number of hydrogen-bond donors (Lipinski definition) is 1. The van der Waals surface area contributed by atoms with Crippen molar-refractivity contribution in [3.63, 3.8) is 0 Å². The second kappa shape index (κ2) is 9.26. The lowest BCUT2D eigenvalue weighted by molar-refractivity contribution is -0.119. The minimum atomic E-state index is -0.156. The Hall–Kier alpha value is -3.31. The van der Waals surface area contributed by atoms with Gasteiger partial charge in [-0.25, -0.2) is 0 Å². The highest BCUT2D eigenvalue weighted by Gasteiger charge is 2.15.